The average Bonchev–Trinajstić information content (AvgIpc) is 2.89. The van der Waals surface area contributed by atoms with Gasteiger partial charge in [-0.2, -0.15) is 5.10 Å². The van der Waals surface area contributed by atoms with Crippen molar-refractivity contribution in [1.29, 1.82) is 0 Å². The Hall–Kier alpha value is -2.37. The summed E-state index contributed by atoms with van der Waals surface area (Å²) in [5.74, 6) is -1.51. The van der Waals surface area contributed by atoms with Gasteiger partial charge in [-0.1, -0.05) is 13.3 Å². The number of rotatable bonds is 6. The van der Waals surface area contributed by atoms with Crippen LogP contribution in [0.4, 0.5) is 4.39 Å². The maximum atomic E-state index is 13.8. The van der Waals surface area contributed by atoms with Crippen LogP contribution in [0.3, 0.4) is 0 Å². The standard InChI is InChI=1S/C15H17FN2O3/c1-3-4-7-18-9-11(15(19)20)14(17-18)10-5-6-13(21-2)12(16)8-10/h5-6,8-9H,3-4,7H2,1-2H3,(H,19,20). The zero-order chi connectivity index (χ0) is 15.4. The molecular formula is C15H17FN2O3. The molecule has 1 N–H and O–H groups in total. The summed E-state index contributed by atoms with van der Waals surface area (Å²) >= 11 is 0. The molecule has 0 unspecified atom stereocenters. The van der Waals surface area contributed by atoms with Crippen molar-refractivity contribution in [2.45, 2.75) is 26.3 Å². The molecule has 2 aromatic rings. The minimum absolute atomic E-state index is 0.0654. The molecule has 0 aliphatic rings. The Morgan fingerprint density at radius 1 is 1.48 bits per heavy atom. The highest BCUT2D eigenvalue weighted by Gasteiger charge is 2.18. The van der Waals surface area contributed by atoms with Gasteiger partial charge in [0.15, 0.2) is 11.6 Å². The lowest BCUT2D eigenvalue weighted by atomic mass is 10.1. The molecule has 0 saturated carbocycles. The number of unbranched alkanes of at least 4 members (excludes halogenated alkanes) is 1. The largest absolute Gasteiger partial charge is 0.494 e. The maximum Gasteiger partial charge on any atom is 0.339 e. The third-order valence-electron chi connectivity index (χ3n) is 3.16. The number of aromatic nitrogens is 2. The molecular weight excluding hydrogens is 275 g/mol. The van der Waals surface area contributed by atoms with E-state index in [9.17, 15) is 14.3 Å². The fourth-order valence-electron chi connectivity index (χ4n) is 2.04. The summed E-state index contributed by atoms with van der Waals surface area (Å²) in [6.07, 6.45) is 3.36. The van der Waals surface area contributed by atoms with E-state index < -0.39 is 11.8 Å². The molecule has 1 heterocycles. The highest BCUT2D eigenvalue weighted by Crippen LogP contribution is 2.27. The van der Waals surface area contributed by atoms with E-state index in [1.807, 2.05) is 6.92 Å². The van der Waals surface area contributed by atoms with Gasteiger partial charge in [0.25, 0.3) is 0 Å². The van der Waals surface area contributed by atoms with E-state index in [0.717, 1.165) is 12.8 Å². The average molecular weight is 292 g/mol. The van der Waals surface area contributed by atoms with Gasteiger partial charge in [0.1, 0.15) is 11.3 Å². The first-order chi connectivity index (χ1) is 10.1. The number of carboxylic acids is 1. The predicted octanol–water partition coefficient (Wildman–Crippen LogP) is 3.20. The lowest BCUT2D eigenvalue weighted by Crippen LogP contribution is -1.98. The number of carbonyl (C=O) groups is 1. The first-order valence-corrected chi connectivity index (χ1v) is 6.71. The predicted molar refractivity (Wildman–Crippen MR) is 76.0 cm³/mol. The van der Waals surface area contributed by atoms with Crippen molar-refractivity contribution in [1.82, 2.24) is 9.78 Å². The molecule has 6 heteroatoms. The minimum Gasteiger partial charge on any atom is -0.494 e. The number of benzene rings is 1. The van der Waals surface area contributed by atoms with E-state index >= 15 is 0 Å². The third-order valence-corrected chi connectivity index (χ3v) is 3.16. The fraction of sp³-hybridized carbons (Fsp3) is 0.333. The monoisotopic (exact) mass is 292 g/mol. The lowest BCUT2D eigenvalue weighted by Gasteiger charge is -2.04. The quantitative estimate of drug-likeness (QED) is 0.888. The van der Waals surface area contributed by atoms with Gasteiger partial charge in [0, 0.05) is 18.3 Å². The van der Waals surface area contributed by atoms with E-state index in [1.54, 1.807) is 10.7 Å². The van der Waals surface area contributed by atoms with Gasteiger partial charge in [-0.25, -0.2) is 9.18 Å². The van der Waals surface area contributed by atoms with Gasteiger partial charge in [-0.05, 0) is 24.6 Å². The fourth-order valence-corrected chi connectivity index (χ4v) is 2.04. The molecule has 5 nitrogen and oxygen atoms in total. The zero-order valence-corrected chi connectivity index (χ0v) is 12.0. The first kappa shape index (κ1) is 15.0. The van der Waals surface area contributed by atoms with Crippen molar-refractivity contribution >= 4 is 5.97 Å². The summed E-state index contributed by atoms with van der Waals surface area (Å²) in [5, 5.41) is 13.5. The summed E-state index contributed by atoms with van der Waals surface area (Å²) in [6, 6.07) is 4.29. The van der Waals surface area contributed by atoms with Crippen LogP contribution in [-0.4, -0.2) is 28.0 Å². The molecule has 1 aromatic heterocycles. The van der Waals surface area contributed by atoms with Crippen LogP contribution in [0.15, 0.2) is 24.4 Å². The van der Waals surface area contributed by atoms with E-state index in [-0.39, 0.29) is 17.0 Å². The van der Waals surface area contributed by atoms with Crippen molar-refractivity contribution in [3.8, 4) is 17.0 Å². The van der Waals surface area contributed by atoms with Crippen molar-refractivity contribution in [3.05, 3.63) is 35.8 Å². The molecule has 21 heavy (non-hydrogen) atoms. The first-order valence-electron chi connectivity index (χ1n) is 6.71. The van der Waals surface area contributed by atoms with Crippen LogP contribution in [-0.2, 0) is 6.54 Å². The number of nitrogens with zero attached hydrogens (tertiary/aromatic N) is 2. The van der Waals surface area contributed by atoms with Gasteiger partial charge >= 0.3 is 5.97 Å². The number of halogens is 1. The van der Waals surface area contributed by atoms with Gasteiger partial charge < -0.3 is 9.84 Å². The maximum absolute atomic E-state index is 13.8. The molecule has 2 rings (SSSR count). The van der Waals surface area contributed by atoms with Crippen LogP contribution in [0, 0.1) is 5.82 Å². The molecule has 0 saturated heterocycles. The van der Waals surface area contributed by atoms with Crippen LogP contribution in [0.2, 0.25) is 0 Å². The molecule has 0 fully saturated rings. The highest BCUT2D eigenvalue weighted by atomic mass is 19.1. The van der Waals surface area contributed by atoms with Crippen molar-refractivity contribution in [2.75, 3.05) is 7.11 Å². The summed E-state index contributed by atoms with van der Waals surface area (Å²) in [5.41, 5.74) is 0.747. The van der Waals surface area contributed by atoms with Gasteiger partial charge in [0.2, 0.25) is 0 Å². The molecule has 0 radical (unpaired) electrons. The Morgan fingerprint density at radius 3 is 2.81 bits per heavy atom. The number of hydrogen-bond acceptors (Lipinski definition) is 3. The summed E-state index contributed by atoms with van der Waals surface area (Å²) in [7, 11) is 1.38. The van der Waals surface area contributed by atoms with E-state index in [0.29, 0.717) is 12.1 Å². The highest BCUT2D eigenvalue weighted by molar-refractivity contribution is 5.94. The molecule has 0 aliphatic heterocycles. The van der Waals surface area contributed by atoms with Crippen LogP contribution < -0.4 is 4.74 Å². The van der Waals surface area contributed by atoms with E-state index in [1.165, 1.54) is 25.4 Å². The van der Waals surface area contributed by atoms with E-state index in [2.05, 4.69) is 5.10 Å². The molecule has 0 aliphatic carbocycles. The third kappa shape index (κ3) is 3.21. The SMILES string of the molecule is CCCCn1cc(C(=O)O)c(-c2ccc(OC)c(F)c2)n1. The van der Waals surface area contributed by atoms with Crippen molar-refractivity contribution in [2.24, 2.45) is 0 Å². The number of ether oxygens (including phenoxy) is 1. The topological polar surface area (TPSA) is 64.4 Å². The lowest BCUT2D eigenvalue weighted by molar-refractivity contribution is 0.0697. The molecule has 112 valence electrons. The zero-order valence-electron chi connectivity index (χ0n) is 12.0. The van der Waals surface area contributed by atoms with Crippen LogP contribution in [0.25, 0.3) is 11.3 Å². The molecule has 1 aromatic carbocycles. The summed E-state index contributed by atoms with van der Waals surface area (Å²) in [6.45, 7) is 2.68. The second-order valence-corrected chi connectivity index (χ2v) is 4.66. The van der Waals surface area contributed by atoms with Crippen LogP contribution in [0.5, 0.6) is 5.75 Å². The minimum atomic E-state index is -1.08. The van der Waals surface area contributed by atoms with Gasteiger partial charge in [0.05, 0.1) is 7.11 Å². The summed E-state index contributed by atoms with van der Waals surface area (Å²) < 4.78 is 20.2. The Bertz CT molecular complexity index is 652. The normalized spacial score (nSPS) is 10.6. The summed E-state index contributed by atoms with van der Waals surface area (Å²) in [4.78, 5) is 11.3. The van der Waals surface area contributed by atoms with Gasteiger partial charge in [-0.3, -0.25) is 4.68 Å². The van der Waals surface area contributed by atoms with Crippen LogP contribution in [0.1, 0.15) is 30.1 Å². The van der Waals surface area contributed by atoms with Crippen molar-refractivity contribution in [3.63, 3.8) is 0 Å². The number of aromatic carboxylic acids is 1. The molecule has 0 spiro atoms. The number of aryl methyl sites for hydroxylation is 1. The van der Waals surface area contributed by atoms with Gasteiger partial charge in [-0.15, -0.1) is 0 Å². The Morgan fingerprint density at radius 2 is 2.24 bits per heavy atom. The Kier molecular flexibility index (Phi) is 4.57. The number of hydrogen-bond donors (Lipinski definition) is 1. The van der Waals surface area contributed by atoms with Crippen LogP contribution >= 0.6 is 0 Å². The number of methoxy groups -OCH3 is 1. The van der Waals surface area contributed by atoms with Crippen molar-refractivity contribution < 1.29 is 19.0 Å². The molecule has 0 atom stereocenters. The smallest absolute Gasteiger partial charge is 0.339 e. The number of carboxylic acid groups (broad SMARTS) is 1. The van der Waals surface area contributed by atoms with E-state index in [4.69, 9.17) is 4.74 Å². The second kappa shape index (κ2) is 6.39. The Balaban J connectivity index is 2.43. The molecule has 0 bridgehead atoms. The second-order valence-electron chi connectivity index (χ2n) is 4.66. The molecule has 0 amide bonds. The Labute approximate surface area is 122 Å².